The lowest BCUT2D eigenvalue weighted by Gasteiger charge is -2.45. The molecule has 0 bridgehead atoms. The van der Waals surface area contributed by atoms with E-state index in [9.17, 15) is 45.6 Å². The number of methoxy groups -OCH3 is 1. The van der Waals surface area contributed by atoms with Gasteiger partial charge in [-0.05, 0) is 54.8 Å². The Morgan fingerprint density at radius 3 is 2.29 bits per heavy atom. The van der Waals surface area contributed by atoms with Gasteiger partial charge in [0, 0.05) is 6.08 Å². The predicted octanol–water partition coefficient (Wildman–Crippen LogP) is -0.713. The number of carbonyl (C=O) groups excluding carboxylic acids is 1. The number of aliphatic hydroxyl groups is 5. The number of rotatable bonds is 11. The first-order valence-electron chi connectivity index (χ1n) is 14.1. The zero-order valence-electron chi connectivity index (χ0n) is 24.4. The summed E-state index contributed by atoms with van der Waals surface area (Å²) in [6.07, 6.45) is -12.2. The van der Waals surface area contributed by atoms with E-state index in [-0.39, 0.29) is 36.0 Å². The van der Waals surface area contributed by atoms with E-state index in [0.29, 0.717) is 11.1 Å². The third-order valence-corrected chi connectivity index (χ3v) is 7.46. The fraction of sp³-hybridized carbons (Fsp3) is 0.500. The average molecular weight is 639 g/mol. The summed E-state index contributed by atoms with van der Waals surface area (Å²) in [5.41, 5.74) is 1.11. The molecule has 10 atom stereocenters. The minimum atomic E-state index is -1.74. The van der Waals surface area contributed by atoms with Crippen molar-refractivity contribution in [2.45, 2.75) is 74.8 Å². The minimum Gasteiger partial charge on any atom is -0.504 e. The molecule has 2 aromatic rings. The highest BCUT2D eigenvalue weighted by Gasteiger charge is 2.50. The molecule has 45 heavy (non-hydrogen) atoms. The van der Waals surface area contributed by atoms with Crippen LogP contribution in [0.4, 0.5) is 0 Å². The third kappa shape index (κ3) is 8.40. The first-order chi connectivity index (χ1) is 21.4. The second-order valence-corrected chi connectivity index (χ2v) is 10.6. The van der Waals surface area contributed by atoms with Gasteiger partial charge in [-0.15, -0.1) is 0 Å². The highest BCUT2D eigenvalue weighted by Crippen LogP contribution is 2.31. The summed E-state index contributed by atoms with van der Waals surface area (Å²) in [5, 5.41) is 81.7. The maximum absolute atomic E-state index is 12.5. The summed E-state index contributed by atoms with van der Waals surface area (Å²) in [6, 6.07) is 8.61. The first-order valence-corrected chi connectivity index (χ1v) is 14.1. The van der Waals surface area contributed by atoms with Crippen molar-refractivity contribution in [3.8, 4) is 23.0 Å². The lowest BCUT2D eigenvalue weighted by molar-refractivity contribution is -0.357. The van der Waals surface area contributed by atoms with Crippen LogP contribution in [-0.4, -0.2) is 129 Å². The van der Waals surface area contributed by atoms with Crippen LogP contribution in [-0.2, 0) is 34.9 Å². The Labute approximate surface area is 258 Å². The molecule has 0 unspecified atom stereocenters. The molecule has 8 N–H and O–H groups in total. The number of esters is 1. The molecule has 2 aliphatic rings. The lowest BCUT2D eigenvalue weighted by Crippen LogP contribution is -2.64. The monoisotopic (exact) mass is 638 g/mol. The van der Waals surface area contributed by atoms with Gasteiger partial charge in [0.25, 0.3) is 0 Å². The van der Waals surface area contributed by atoms with Crippen LogP contribution in [0.1, 0.15) is 18.1 Å². The van der Waals surface area contributed by atoms with E-state index in [1.54, 1.807) is 12.1 Å². The van der Waals surface area contributed by atoms with Gasteiger partial charge in [0.1, 0.15) is 49.3 Å². The topological polar surface area (TPSA) is 234 Å². The second kappa shape index (κ2) is 15.2. The van der Waals surface area contributed by atoms with Crippen molar-refractivity contribution in [1.82, 2.24) is 0 Å². The summed E-state index contributed by atoms with van der Waals surface area (Å²) in [4.78, 5) is 12.5. The fourth-order valence-electron chi connectivity index (χ4n) is 4.81. The van der Waals surface area contributed by atoms with Crippen molar-refractivity contribution in [2.24, 2.45) is 0 Å². The quantitative estimate of drug-likeness (QED) is 0.0862. The number of hydrogen-bond donors (Lipinski definition) is 8. The van der Waals surface area contributed by atoms with Crippen molar-refractivity contribution in [3.05, 3.63) is 53.6 Å². The van der Waals surface area contributed by atoms with Crippen LogP contribution in [0, 0.1) is 0 Å². The van der Waals surface area contributed by atoms with E-state index in [4.69, 9.17) is 28.4 Å². The normalized spacial score (nSPS) is 32.0. The number of phenols is 3. The van der Waals surface area contributed by atoms with Crippen molar-refractivity contribution in [3.63, 3.8) is 0 Å². The summed E-state index contributed by atoms with van der Waals surface area (Å²) in [5.74, 6) is -1.32. The van der Waals surface area contributed by atoms with Crippen LogP contribution in [0.25, 0.3) is 6.08 Å². The maximum atomic E-state index is 12.5. The Hall–Kier alpha value is -3.51. The summed E-state index contributed by atoms with van der Waals surface area (Å²) < 4.78 is 32.9. The molecular weight excluding hydrogens is 600 g/mol. The molecule has 0 aromatic heterocycles. The molecule has 2 aromatic carbocycles. The van der Waals surface area contributed by atoms with Gasteiger partial charge in [0.2, 0.25) is 0 Å². The van der Waals surface area contributed by atoms with E-state index in [1.165, 1.54) is 44.4 Å². The van der Waals surface area contributed by atoms with Gasteiger partial charge in [-0.25, -0.2) is 4.79 Å². The molecule has 0 aliphatic carbocycles. The minimum absolute atomic E-state index is 0.0649. The molecule has 4 rings (SSSR count). The molecule has 2 saturated heterocycles. The van der Waals surface area contributed by atoms with E-state index in [2.05, 4.69) is 0 Å². The molecule has 2 heterocycles. The van der Waals surface area contributed by atoms with Crippen molar-refractivity contribution >= 4 is 12.0 Å². The Kier molecular flexibility index (Phi) is 11.6. The lowest BCUT2D eigenvalue weighted by atomic mass is 9.97. The van der Waals surface area contributed by atoms with E-state index >= 15 is 0 Å². The largest absolute Gasteiger partial charge is 0.504 e. The molecule has 0 radical (unpaired) electrons. The van der Waals surface area contributed by atoms with Gasteiger partial charge in [-0.3, -0.25) is 0 Å². The summed E-state index contributed by atoms with van der Waals surface area (Å²) >= 11 is 0. The second-order valence-electron chi connectivity index (χ2n) is 10.6. The number of aromatic hydroxyl groups is 3. The van der Waals surface area contributed by atoms with Crippen molar-refractivity contribution in [2.75, 3.05) is 20.3 Å². The van der Waals surface area contributed by atoms with Crippen LogP contribution >= 0.6 is 0 Å². The Morgan fingerprint density at radius 1 is 0.844 bits per heavy atom. The number of hydrogen-bond acceptors (Lipinski definition) is 15. The Balaban J connectivity index is 1.44. The van der Waals surface area contributed by atoms with Crippen molar-refractivity contribution < 1.29 is 74.1 Å². The van der Waals surface area contributed by atoms with E-state index in [0.717, 1.165) is 6.08 Å². The van der Waals surface area contributed by atoms with Gasteiger partial charge >= 0.3 is 5.97 Å². The number of carbonyl (C=O) groups is 1. The van der Waals surface area contributed by atoms with Crippen molar-refractivity contribution in [1.29, 1.82) is 0 Å². The fourth-order valence-corrected chi connectivity index (χ4v) is 4.81. The van der Waals surface area contributed by atoms with Crippen LogP contribution < -0.4 is 4.74 Å². The summed E-state index contributed by atoms with van der Waals surface area (Å²) in [6.45, 7) is 0.849. The Bertz CT molecular complexity index is 1320. The number of aliphatic hydroxyl groups excluding tert-OH is 5. The molecule has 0 saturated carbocycles. The van der Waals surface area contributed by atoms with E-state index in [1.807, 2.05) is 0 Å². The molecule has 248 valence electrons. The highest BCUT2D eigenvalue weighted by atomic mass is 16.7. The number of phenolic OH excluding ortho intramolecular Hbond substituents is 3. The van der Waals surface area contributed by atoms with Gasteiger partial charge < -0.3 is 69.3 Å². The summed E-state index contributed by atoms with van der Waals surface area (Å²) in [7, 11) is 1.38. The van der Waals surface area contributed by atoms with E-state index < -0.39 is 74.0 Å². The van der Waals surface area contributed by atoms with Crippen LogP contribution in [0.2, 0.25) is 0 Å². The molecule has 2 fully saturated rings. The van der Waals surface area contributed by atoms with Gasteiger partial charge in [-0.1, -0.05) is 12.1 Å². The zero-order valence-corrected chi connectivity index (χ0v) is 24.4. The van der Waals surface area contributed by atoms with Gasteiger partial charge in [0.05, 0.1) is 19.8 Å². The Morgan fingerprint density at radius 2 is 1.58 bits per heavy atom. The third-order valence-electron chi connectivity index (χ3n) is 7.46. The smallest absolute Gasteiger partial charge is 0.330 e. The standard InChI is InChI=1S/C30H38O15/c1-14-23(35)25(37)26(38)30(43-14)45-28-24(36)21(13-42-22(34)8-5-15-4-7-18(32)20(12-15)40-2)44-29(27(28)39)41-10-9-16-3-6-17(31)19(33)11-16/h3-8,11-12,14,21,23-33,35-39H,9-10,13H2,1-2H3/t14-,21-,23+,24-,25-,26-,27-,28-,29-,30-/m1/s1. The average Bonchev–Trinajstić information content (AvgIpc) is 3.02. The highest BCUT2D eigenvalue weighted by molar-refractivity contribution is 5.87. The zero-order chi connectivity index (χ0) is 32.8. The SMILES string of the molecule is COc1cc(C=CC(=O)OC[C@H]2O[C@@H](OCCc3ccc(O)c(O)c3)[C@H](O)[C@H](O[C@H]3O[C@H](C)[C@H](O)[C@@H](O)[C@H]3O)[C@@H]2O)ccc1O. The predicted molar refractivity (Wildman–Crippen MR) is 152 cm³/mol. The van der Waals surface area contributed by atoms with Gasteiger partial charge in [-0.2, -0.15) is 0 Å². The molecule has 15 heteroatoms. The van der Waals surface area contributed by atoms with Crippen LogP contribution in [0.5, 0.6) is 23.0 Å². The maximum Gasteiger partial charge on any atom is 0.330 e. The molecule has 15 nitrogen and oxygen atoms in total. The number of ether oxygens (including phenoxy) is 6. The number of benzene rings is 2. The molecule has 2 aliphatic heterocycles. The van der Waals surface area contributed by atoms with Crippen LogP contribution in [0.15, 0.2) is 42.5 Å². The molecule has 0 amide bonds. The molecule has 0 spiro atoms. The van der Waals surface area contributed by atoms with Gasteiger partial charge in [0.15, 0.2) is 35.6 Å². The first kappa shape index (κ1) is 34.4. The van der Waals surface area contributed by atoms with Crippen LogP contribution in [0.3, 0.4) is 0 Å². The molecular formula is C30H38O15.